The lowest BCUT2D eigenvalue weighted by Crippen LogP contribution is -2.18. The number of rotatable bonds is 6. The Hall–Kier alpha value is -1.69. The molecule has 0 aromatic carbocycles. The fourth-order valence-corrected chi connectivity index (χ4v) is 1.04. The van der Waals surface area contributed by atoms with E-state index in [9.17, 15) is 0 Å². The van der Waals surface area contributed by atoms with Gasteiger partial charge in [-0.05, 0) is 13.8 Å². The quantitative estimate of drug-likeness (QED) is 0.418. The minimum absolute atomic E-state index is 0.159. The van der Waals surface area contributed by atoms with Crippen LogP contribution >= 0.6 is 0 Å². The first-order valence-corrected chi connectivity index (χ1v) is 5.01. The number of nitrogens with two attached hydrogens (primary N) is 1. The molecule has 1 aromatic rings. The average molecular weight is 224 g/mol. The van der Waals surface area contributed by atoms with Crippen molar-refractivity contribution >= 4 is 5.84 Å². The molecule has 0 aliphatic heterocycles. The van der Waals surface area contributed by atoms with Gasteiger partial charge in [-0.15, -0.1) is 0 Å². The van der Waals surface area contributed by atoms with Gasteiger partial charge in [0.2, 0.25) is 5.88 Å². The van der Waals surface area contributed by atoms with E-state index in [0.29, 0.717) is 13.2 Å². The average Bonchev–Trinajstić information content (AvgIpc) is 2.24. The van der Waals surface area contributed by atoms with Gasteiger partial charge in [-0.2, -0.15) is 0 Å². The molecule has 0 bridgehead atoms. The summed E-state index contributed by atoms with van der Waals surface area (Å²) in [5.41, 5.74) is 5.59. The maximum atomic E-state index is 7.29. The molecule has 16 heavy (non-hydrogen) atoms. The van der Waals surface area contributed by atoms with Crippen molar-refractivity contribution in [3.8, 4) is 5.88 Å². The minimum Gasteiger partial charge on any atom is -0.474 e. The minimum atomic E-state index is -0.159. The van der Waals surface area contributed by atoms with Crippen molar-refractivity contribution in [3.05, 3.63) is 18.1 Å². The smallest absolute Gasteiger partial charge is 0.243 e. The Morgan fingerprint density at radius 2 is 2.06 bits per heavy atom. The Balaban J connectivity index is 2.50. The van der Waals surface area contributed by atoms with Gasteiger partial charge in [0.1, 0.15) is 12.4 Å². The number of nitrogens with zero attached hydrogens (tertiary/aromatic N) is 2. The summed E-state index contributed by atoms with van der Waals surface area (Å²) >= 11 is 0. The van der Waals surface area contributed by atoms with E-state index >= 15 is 0 Å². The first-order valence-electron chi connectivity index (χ1n) is 5.01. The molecule has 1 aromatic heterocycles. The van der Waals surface area contributed by atoms with E-state index in [2.05, 4.69) is 9.97 Å². The summed E-state index contributed by atoms with van der Waals surface area (Å²) in [7, 11) is 0. The van der Waals surface area contributed by atoms with E-state index in [1.807, 2.05) is 13.8 Å². The van der Waals surface area contributed by atoms with Crippen LogP contribution < -0.4 is 10.5 Å². The highest BCUT2D eigenvalue weighted by molar-refractivity contribution is 5.94. The summed E-state index contributed by atoms with van der Waals surface area (Å²) in [5.74, 6) is 0.107. The first-order chi connectivity index (χ1) is 7.61. The molecule has 1 heterocycles. The number of amidine groups is 1. The monoisotopic (exact) mass is 224 g/mol. The zero-order valence-corrected chi connectivity index (χ0v) is 9.43. The Kier molecular flexibility index (Phi) is 4.65. The third-order valence-corrected chi connectivity index (χ3v) is 1.69. The fourth-order valence-electron chi connectivity index (χ4n) is 1.04. The highest BCUT2D eigenvalue weighted by atomic mass is 16.5. The Bertz CT molecular complexity index is 354. The second kappa shape index (κ2) is 6.02. The number of hydrogen-bond donors (Lipinski definition) is 2. The van der Waals surface area contributed by atoms with Gasteiger partial charge in [0, 0.05) is 12.4 Å². The van der Waals surface area contributed by atoms with Crippen molar-refractivity contribution in [3.63, 3.8) is 0 Å². The Morgan fingerprint density at radius 3 is 2.69 bits per heavy atom. The van der Waals surface area contributed by atoms with Crippen LogP contribution in [0.2, 0.25) is 0 Å². The van der Waals surface area contributed by atoms with Crippen molar-refractivity contribution in [2.45, 2.75) is 20.0 Å². The van der Waals surface area contributed by atoms with Crippen molar-refractivity contribution in [1.82, 2.24) is 9.97 Å². The van der Waals surface area contributed by atoms with Crippen LogP contribution in [0.1, 0.15) is 19.5 Å². The summed E-state index contributed by atoms with van der Waals surface area (Å²) in [6.45, 7) is 4.72. The van der Waals surface area contributed by atoms with Crippen LogP contribution in [0.15, 0.2) is 12.4 Å². The first kappa shape index (κ1) is 12.4. The molecule has 0 atom stereocenters. The van der Waals surface area contributed by atoms with Gasteiger partial charge in [0.25, 0.3) is 0 Å². The third-order valence-electron chi connectivity index (χ3n) is 1.69. The van der Waals surface area contributed by atoms with E-state index in [1.165, 1.54) is 12.4 Å². The summed E-state index contributed by atoms with van der Waals surface area (Å²) in [6.07, 6.45) is 3.12. The largest absolute Gasteiger partial charge is 0.474 e. The Labute approximate surface area is 94.3 Å². The summed E-state index contributed by atoms with van der Waals surface area (Å²) in [6, 6.07) is 0. The number of aromatic nitrogens is 2. The maximum absolute atomic E-state index is 7.29. The van der Waals surface area contributed by atoms with E-state index < -0.39 is 0 Å². The van der Waals surface area contributed by atoms with Crippen LogP contribution in [0.3, 0.4) is 0 Å². The van der Waals surface area contributed by atoms with E-state index in [4.69, 9.17) is 20.6 Å². The lowest BCUT2D eigenvalue weighted by molar-refractivity contribution is 0.0541. The molecule has 0 aliphatic carbocycles. The molecule has 0 radical (unpaired) electrons. The van der Waals surface area contributed by atoms with Gasteiger partial charge in [-0.1, -0.05) is 0 Å². The van der Waals surface area contributed by atoms with Crippen molar-refractivity contribution < 1.29 is 9.47 Å². The fraction of sp³-hybridized carbons (Fsp3) is 0.500. The number of nitrogens with one attached hydrogen (secondary N) is 1. The predicted octanol–water partition coefficient (Wildman–Crippen LogP) is 0.564. The molecule has 6 heteroatoms. The zero-order valence-electron chi connectivity index (χ0n) is 9.43. The summed E-state index contributed by atoms with van der Waals surface area (Å²) in [5, 5.41) is 7.29. The van der Waals surface area contributed by atoms with Gasteiger partial charge in [0.15, 0.2) is 5.69 Å². The number of ether oxygens (including phenoxy) is 2. The van der Waals surface area contributed by atoms with Crippen LogP contribution in [-0.4, -0.2) is 35.1 Å². The lowest BCUT2D eigenvalue weighted by atomic mass is 10.4. The van der Waals surface area contributed by atoms with E-state index in [-0.39, 0.29) is 23.5 Å². The van der Waals surface area contributed by atoms with Crippen molar-refractivity contribution in [2.24, 2.45) is 5.73 Å². The highest BCUT2D eigenvalue weighted by Gasteiger charge is 2.08. The summed E-state index contributed by atoms with van der Waals surface area (Å²) in [4.78, 5) is 7.87. The standard InChI is InChI=1S/C10H16N4O2/c1-7(2)15-5-6-16-10-8(9(11)12)13-3-4-14-10/h3-4,7H,5-6H2,1-2H3,(H3,11,12). The normalized spacial score (nSPS) is 10.4. The molecule has 0 fully saturated rings. The third kappa shape index (κ3) is 3.82. The second-order valence-corrected chi connectivity index (χ2v) is 3.39. The number of nitrogen functional groups attached to an aromatic ring is 1. The van der Waals surface area contributed by atoms with E-state index in [1.54, 1.807) is 0 Å². The highest BCUT2D eigenvalue weighted by Crippen LogP contribution is 2.09. The lowest BCUT2D eigenvalue weighted by Gasteiger charge is -2.10. The van der Waals surface area contributed by atoms with Crippen LogP contribution in [0.25, 0.3) is 0 Å². The molecule has 0 saturated heterocycles. The van der Waals surface area contributed by atoms with Gasteiger partial charge in [0.05, 0.1) is 12.7 Å². The van der Waals surface area contributed by atoms with Crippen molar-refractivity contribution in [2.75, 3.05) is 13.2 Å². The van der Waals surface area contributed by atoms with Gasteiger partial charge >= 0.3 is 0 Å². The van der Waals surface area contributed by atoms with Crippen LogP contribution in [0, 0.1) is 5.41 Å². The molecule has 0 unspecified atom stereocenters. The molecule has 0 aliphatic rings. The maximum Gasteiger partial charge on any atom is 0.243 e. The van der Waals surface area contributed by atoms with Crippen LogP contribution in [0.4, 0.5) is 0 Å². The predicted molar refractivity (Wildman–Crippen MR) is 59.6 cm³/mol. The molecular weight excluding hydrogens is 208 g/mol. The zero-order chi connectivity index (χ0) is 12.0. The molecular formula is C10H16N4O2. The topological polar surface area (TPSA) is 94.1 Å². The molecule has 1 rings (SSSR count). The summed E-state index contributed by atoms with van der Waals surface area (Å²) < 4.78 is 10.6. The molecule has 6 nitrogen and oxygen atoms in total. The molecule has 88 valence electrons. The molecule has 0 saturated carbocycles. The Morgan fingerprint density at radius 1 is 1.38 bits per heavy atom. The second-order valence-electron chi connectivity index (χ2n) is 3.39. The van der Waals surface area contributed by atoms with Gasteiger partial charge < -0.3 is 15.2 Å². The van der Waals surface area contributed by atoms with Gasteiger partial charge in [-0.3, -0.25) is 5.41 Å². The SMILES string of the molecule is CC(C)OCCOc1nccnc1C(=N)N. The van der Waals surface area contributed by atoms with E-state index in [0.717, 1.165) is 0 Å². The molecule has 3 N–H and O–H groups in total. The van der Waals surface area contributed by atoms with Crippen LogP contribution in [0.5, 0.6) is 5.88 Å². The van der Waals surface area contributed by atoms with Crippen molar-refractivity contribution in [1.29, 1.82) is 5.41 Å². The molecule has 0 amide bonds. The van der Waals surface area contributed by atoms with Gasteiger partial charge in [-0.25, -0.2) is 9.97 Å². The molecule has 0 spiro atoms. The van der Waals surface area contributed by atoms with Crippen LogP contribution in [-0.2, 0) is 4.74 Å². The number of hydrogen-bond acceptors (Lipinski definition) is 5.